The lowest BCUT2D eigenvalue weighted by atomic mass is 10.0. The predicted octanol–water partition coefficient (Wildman–Crippen LogP) is 5.77. The fraction of sp³-hybridized carbons (Fsp3) is 0. The Balaban J connectivity index is 2.25. The van der Waals surface area contributed by atoms with Gasteiger partial charge >= 0.3 is 0 Å². The van der Waals surface area contributed by atoms with Crippen molar-refractivity contribution in [1.29, 1.82) is 0 Å². The van der Waals surface area contributed by atoms with Crippen LogP contribution in [0.1, 0.15) is 0 Å². The summed E-state index contributed by atoms with van der Waals surface area (Å²) in [5, 5.41) is 4.45. The van der Waals surface area contributed by atoms with Crippen molar-refractivity contribution in [3.63, 3.8) is 0 Å². The molecule has 0 radical (unpaired) electrons. The van der Waals surface area contributed by atoms with E-state index in [2.05, 4.69) is 37.0 Å². The molecule has 6 heteroatoms. The molecular formula is C15H9Br2ClN2O. The maximum atomic E-state index is 6.30. The zero-order valence-corrected chi connectivity index (χ0v) is 14.5. The molecule has 3 aromatic rings. The molecule has 0 fully saturated rings. The van der Waals surface area contributed by atoms with E-state index in [1.165, 1.54) is 0 Å². The van der Waals surface area contributed by atoms with Crippen molar-refractivity contribution in [2.24, 2.45) is 0 Å². The van der Waals surface area contributed by atoms with Gasteiger partial charge in [0.25, 0.3) is 0 Å². The molecule has 0 spiro atoms. The van der Waals surface area contributed by atoms with Crippen LogP contribution in [-0.4, -0.2) is 5.16 Å². The third-order valence-electron chi connectivity index (χ3n) is 3.04. The second kappa shape index (κ2) is 5.83. The molecule has 1 heterocycles. The van der Waals surface area contributed by atoms with Crippen molar-refractivity contribution in [3.05, 3.63) is 56.4 Å². The molecule has 0 atom stereocenters. The monoisotopic (exact) mass is 426 g/mol. The van der Waals surface area contributed by atoms with Gasteiger partial charge in [0.1, 0.15) is 0 Å². The summed E-state index contributed by atoms with van der Waals surface area (Å²) in [6.45, 7) is 0. The van der Waals surface area contributed by atoms with Crippen molar-refractivity contribution in [3.8, 4) is 22.5 Å². The van der Waals surface area contributed by atoms with Crippen LogP contribution in [0.4, 0.5) is 5.82 Å². The first-order valence-electron chi connectivity index (χ1n) is 6.03. The van der Waals surface area contributed by atoms with E-state index in [9.17, 15) is 0 Å². The van der Waals surface area contributed by atoms with Crippen molar-refractivity contribution < 1.29 is 4.52 Å². The summed E-state index contributed by atoms with van der Waals surface area (Å²) in [5.41, 5.74) is 8.36. The average molecular weight is 429 g/mol. The number of anilines is 1. The standard InChI is InChI=1S/C15H9Br2ClN2O/c16-8-5-6-10(12(18)7-8)14-13(15(19)20-21-14)9-3-1-2-4-11(9)17/h1-7H,(H2,19,20). The number of rotatable bonds is 2. The minimum atomic E-state index is 0.330. The largest absolute Gasteiger partial charge is 0.380 e. The molecule has 2 aromatic carbocycles. The number of benzene rings is 2. The van der Waals surface area contributed by atoms with Gasteiger partial charge in [-0.1, -0.05) is 66.8 Å². The maximum Gasteiger partial charge on any atom is 0.178 e. The van der Waals surface area contributed by atoms with E-state index < -0.39 is 0 Å². The van der Waals surface area contributed by atoms with E-state index in [1.54, 1.807) is 6.07 Å². The number of halogens is 3. The predicted molar refractivity (Wildman–Crippen MR) is 92.2 cm³/mol. The van der Waals surface area contributed by atoms with Gasteiger partial charge in [0.2, 0.25) is 0 Å². The molecule has 106 valence electrons. The number of aromatic nitrogens is 1. The van der Waals surface area contributed by atoms with Crippen LogP contribution in [0.5, 0.6) is 0 Å². The summed E-state index contributed by atoms with van der Waals surface area (Å²) >= 11 is 13.2. The van der Waals surface area contributed by atoms with E-state index in [1.807, 2.05) is 36.4 Å². The van der Waals surface area contributed by atoms with Crippen LogP contribution in [0.2, 0.25) is 5.02 Å². The Labute approximate surface area is 143 Å². The Hall–Kier alpha value is -1.30. The first-order valence-corrected chi connectivity index (χ1v) is 8.00. The lowest BCUT2D eigenvalue weighted by molar-refractivity contribution is 0.436. The van der Waals surface area contributed by atoms with Gasteiger partial charge in [-0.2, -0.15) is 0 Å². The van der Waals surface area contributed by atoms with Crippen molar-refractivity contribution in [1.82, 2.24) is 5.16 Å². The van der Waals surface area contributed by atoms with E-state index in [4.69, 9.17) is 21.9 Å². The van der Waals surface area contributed by atoms with Gasteiger partial charge in [0.15, 0.2) is 11.6 Å². The third kappa shape index (κ3) is 2.73. The van der Waals surface area contributed by atoms with E-state index in [0.29, 0.717) is 16.6 Å². The molecule has 0 amide bonds. The average Bonchev–Trinajstić information content (AvgIpc) is 2.81. The Kier molecular flexibility index (Phi) is 4.06. The molecule has 0 aliphatic carbocycles. The zero-order chi connectivity index (χ0) is 15.0. The van der Waals surface area contributed by atoms with Crippen molar-refractivity contribution >= 4 is 49.3 Å². The highest BCUT2D eigenvalue weighted by atomic mass is 79.9. The van der Waals surface area contributed by atoms with Gasteiger partial charge in [-0.05, 0) is 24.3 Å². The van der Waals surface area contributed by atoms with Gasteiger partial charge in [0.05, 0.1) is 10.6 Å². The lowest BCUT2D eigenvalue weighted by Gasteiger charge is -2.06. The molecule has 2 N–H and O–H groups in total. The topological polar surface area (TPSA) is 52.0 Å². The highest BCUT2D eigenvalue weighted by Crippen LogP contribution is 2.42. The third-order valence-corrected chi connectivity index (χ3v) is 4.53. The van der Waals surface area contributed by atoms with Crippen molar-refractivity contribution in [2.75, 3.05) is 5.73 Å². The molecule has 21 heavy (non-hydrogen) atoms. The van der Waals surface area contributed by atoms with Gasteiger partial charge < -0.3 is 10.3 Å². The van der Waals surface area contributed by atoms with Gasteiger partial charge in [-0.15, -0.1) is 0 Å². The fourth-order valence-corrected chi connectivity index (χ4v) is 3.33. The van der Waals surface area contributed by atoms with Crippen LogP contribution in [0.3, 0.4) is 0 Å². The molecule has 1 aromatic heterocycles. The Bertz CT molecular complexity index is 817. The van der Waals surface area contributed by atoms with Crippen LogP contribution in [0.25, 0.3) is 22.5 Å². The molecule has 0 aliphatic rings. The van der Waals surface area contributed by atoms with Crippen LogP contribution in [0, 0.1) is 0 Å². The van der Waals surface area contributed by atoms with E-state index >= 15 is 0 Å². The molecule has 0 unspecified atom stereocenters. The number of hydrogen-bond donors (Lipinski definition) is 1. The lowest BCUT2D eigenvalue weighted by Crippen LogP contribution is -1.90. The van der Waals surface area contributed by atoms with Gasteiger partial charge in [-0.25, -0.2) is 0 Å². The number of nitrogens with two attached hydrogens (primary N) is 1. The zero-order valence-electron chi connectivity index (χ0n) is 10.6. The van der Waals surface area contributed by atoms with Crippen LogP contribution < -0.4 is 5.73 Å². The summed E-state index contributed by atoms with van der Waals surface area (Å²) in [5.74, 6) is 0.882. The molecule has 0 saturated heterocycles. The van der Waals surface area contributed by atoms with Crippen LogP contribution in [-0.2, 0) is 0 Å². The van der Waals surface area contributed by atoms with Crippen LogP contribution >= 0.6 is 43.5 Å². The first kappa shape index (κ1) is 14.6. The number of nitrogens with zero attached hydrogens (tertiary/aromatic N) is 1. The Morgan fingerprint density at radius 3 is 2.52 bits per heavy atom. The van der Waals surface area contributed by atoms with Crippen molar-refractivity contribution in [2.45, 2.75) is 0 Å². The summed E-state index contributed by atoms with van der Waals surface area (Å²) in [6, 6.07) is 13.3. The highest BCUT2D eigenvalue weighted by Gasteiger charge is 2.21. The minimum absolute atomic E-state index is 0.330. The molecule has 0 aliphatic heterocycles. The smallest absolute Gasteiger partial charge is 0.178 e. The normalized spacial score (nSPS) is 10.8. The summed E-state index contributed by atoms with van der Waals surface area (Å²) in [7, 11) is 0. The quantitative estimate of drug-likeness (QED) is 0.564. The SMILES string of the molecule is Nc1noc(-c2ccc(Br)cc2Cl)c1-c1ccccc1Br. The first-order chi connectivity index (χ1) is 10.1. The highest BCUT2D eigenvalue weighted by molar-refractivity contribution is 9.10. The molecule has 0 bridgehead atoms. The molecule has 3 rings (SSSR count). The Morgan fingerprint density at radius 2 is 1.81 bits per heavy atom. The van der Waals surface area contributed by atoms with E-state index in [0.717, 1.165) is 25.6 Å². The summed E-state index contributed by atoms with van der Waals surface area (Å²) in [4.78, 5) is 0. The minimum Gasteiger partial charge on any atom is -0.380 e. The second-order valence-corrected chi connectivity index (χ2v) is 6.55. The van der Waals surface area contributed by atoms with E-state index in [-0.39, 0.29) is 0 Å². The van der Waals surface area contributed by atoms with Gasteiger partial charge in [0, 0.05) is 20.1 Å². The summed E-state index contributed by atoms with van der Waals surface area (Å²) in [6.07, 6.45) is 0. The summed E-state index contributed by atoms with van der Waals surface area (Å²) < 4.78 is 7.22. The second-order valence-electron chi connectivity index (χ2n) is 4.38. The molecule has 0 saturated carbocycles. The van der Waals surface area contributed by atoms with Gasteiger partial charge in [-0.3, -0.25) is 0 Å². The Morgan fingerprint density at radius 1 is 1.05 bits per heavy atom. The van der Waals surface area contributed by atoms with Crippen LogP contribution in [0.15, 0.2) is 55.9 Å². The molecular weight excluding hydrogens is 419 g/mol. The fourth-order valence-electron chi connectivity index (χ4n) is 2.08. The maximum absolute atomic E-state index is 6.30. The number of hydrogen-bond acceptors (Lipinski definition) is 3. The number of nitrogen functional groups attached to an aromatic ring is 1. The molecule has 3 nitrogen and oxygen atoms in total.